The lowest BCUT2D eigenvalue weighted by Crippen LogP contribution is -2.42. The molecule has 0 aliphatic rings. The number of thiazole rings is 1. The summed E-state index contributed by atoms with van der Waals surface area (Å²) in [5, 5.41) is 5.09. The fourth-order valence-corrected chi connectivity index (χ4v) is 3.04. The molecule has 0 saturated carbocycles. The minimum atomic E-state index is -1.26. The number of nitrogens with one attached hydrogen (secondary N) is 1. The molecule has 0 fully saturated rings. The van der Waals surface area contributed by atoms with E-state index < -0.39 is 17.3 Å². The third-order valence-electron chi connectivity index (χ3n) is 3.79. The summed E-state index contributed by atoms with van der Waals surface area (Å²) in [6, 6.07) is 14.3. The van der Waals surface area contributed by atoms with Crippen molar-refractivity contribution in [3.63, 3.8) is 0 Å². The van der Waals surface area contributed by atoms with Crippen LogP contribution in [0.5, 0.6) is 5.75 Å². The number of ether oxygens (including phenoxy) is 1. The summed E-state index contributed by atoms with van der Waals surface area (Å²) in [6.07, 6.45) is 0. The topological polar surface area (TPSA) is 51.2 Å². The van der Waals surface area contributed by atoms with Crippen molar-refractivity contribution >= 4 is 22.4 Å². The molecule has 0 bridgehead atoms. The standard InChI is InChI=1S/C20H19FN2O2S/c1-13-9-10-17(15(21)11-13)25-20(2,3)18(24)23-19-22-16(12-26-19)14-7-5-4-6-8-14/h4-12H,1-3H3,(H,22,23,24). The maximum Gasteiger partial charge on any atom is 0.269 e. The van der Waals surface area contributed by atoms with Crippen molar-refractivity contribution < 1.29 is 13.9 Å². The third kappa shape index (κ3) is 4.08. The number of carbonyl (C=O) groups is 1. The maximum atomic E-state index is 14.0. The summed E-state index contributed by atoms with van der Waals surface area (Å²) in [5.74, 6) is -0.849. The summed E-state index contributed by atoms with van der Waals surface area (Å²) in [7, 11) is 0. The van der Waals surface area contributed by atoms with Crippen molar-refractivity contribution in [3.05, 3.63) is 65.3 Å². The number of anilines is 1. The molecule has 3 rings (SSSR count). The molecule has 0 unspecified atom stereocenters. The van der Waals surface area contributed by atoms with Gasteiger partial charge in [-0.1, -0.05) is 36.4 Å². The molecule has 0 aliphatic carbocycles. The second kappa shape index (κ2) is 7.25. The van der Waals surface area contributed by atoms with Crippen LogP contribution in [0.3, 0.4) is 0 Å². The van der Waals surface area contributed by atoms with Gasteiger partial charge in [-0.05, 0) is 38.5 Å². The van der Waals surface area contributed by atoms with Gasteiger partial charge < -0.3 is 4.74 Å². The first kappa shape index (κ1) is 18.1. The van der Waals surface area contributed by atoms with E-state index in [9.17, 15) is 9.18 Å². The molecule has 3 aromatic rings. The predicted octanol–water partition coefficient (Wildman–Crippen LogP) is 5.05. The van der Waals surface area contributed by atoms with Gasteiger partial charge in [-0.15, -0.1) is 11.3 Å². The van der Waals surface area contributed by atoms with Crippen LogP contribution in [0.15, 0.2) is 53.9 Å². The largest absolute Gasteiger partial charge is 0.475 e. The first-order valence-electron chi connectivity index (χ1n) is 8.13. The van der Waals surface area contributed by atoms with E-state index in [1.54, 1.807) is 26.8 Å². The van der Waals surface area contributed by atoms with Crippen LogP contribution in [-0.4, -0.2) is 16.5 Å². The summed E-state index contributed by atoms with van der Waals surface area (Å²) >= 11 is 1.33. The van der Waals surface area contributed by atoms with E-state index in [1.165, 1.54) is 23.5 Å². The molecule has 2 aromatic carbocycles. The molecule has 134 valence electrons. The van der Waals surface area contributed by atoms with Crippen LogP contribution in [0.25, 0.3) is 11.3 Å². The molecule has 1 heterocycles. The molecule has 1 N–H and O–H groups in total. The number of hydrogen-bond acceptors (Lipinski definition) is 4. The number of rotatable bonds is 5. The van der Waals surface area contributed by atoms with Gasteiger partial charge in [0, 0.05) is 10.9 Å². The molecule has 0 radical (unpaired) electrons. The van der Waals surface area contributed by atoms with E-state index >= 15 is 0 Å². The number of halogens is 1. The number of amides is 1. The van der Waals surface area contributed by atoms with E-state index in [-0.39, 0.29) is 5.75 Å². The summed E-state index contributed by atoms with van der Waals surface area (Å²) in [5.41, 5.74) is 1.29. The quantitative estimate of drug-likeness (QED) is 0.683. The molecule has 1 aromatic heterocycles. The smallest absolute Gasteiger partial charge is 0.269 e. The van der Waals surface area contributed by atoms with E-state index in [1.807, 2.05) is 35.7 Å². The number of benzene rings is 2. The van der Waals surface area contributed by atoms with Crippen LogP contribution >= 0.6 is 11.3 Å². The molecular weight excluding hydrogens is 351 g/mol. The molecular formula is C20H19FN2O2S. The van der Waals surface area contributed by atoms with Crippen molar-refractivity contribution in [1.82, 2.24) is 4.98 Å². The lowest BCUT2D eigenvalue weighted by Gasteiger charge is -2.25. The van der Waals surface area contributed by atoms with Crippen LogP contribution in [0.1, 0.15) is 19.4 Å². The number of hydrogen-bond donors (Lipinski definition) is 1. The monoisotopic (exact) mass is 370 g/mol. The summed E-state index contributed by atoms with van der Waals surface area (Å²) in [4.78, 5) is 17.0. The highest BCUT2D eigenvalue weighted by atomic mass is 32.1. The minimum Gasteiger partial charge on any atom is -0.475 e. The number of aryl methyl sites for hydroxylation is 1. The Labute approximate surface area is 155 Å². The van der Waals surface area contributed by atoms with Gasteiger partial charge in [0.15, 0.2) is 22.3 Å². The van der Waals surface area contributed by atoms with E-state index in [4.69, 9.17) is 4.74 Å². The Bertz CT molecular complexity index is 923. The zero-order valence-electron chi connectivity index (χ0n) is 14.7. The Balaban J connectivity index is 1.71. The maximum absolute atomic E-state index is 14.0. The van der Waals surface area contributed by atoms with Crippen molar-refractivity contribution in [2.24, 2.45) is 0 Å². The van der Waals surface area contributed by atoms with Gasteiger partial charge in [0.05, 0.1) is 5.69 Å². The summed E-state index contributed by atoms with van der Waals surface area (Å²) < 4.78 is 19.6. The molecule has 4 nitrogen and oxygen atoms in total. The third-order valence-corrected chi connectivity index (χ3v) is 4.55. The van der Waals surface area contributed by atoms with E-state index in [0.717, 1.165) is 16.8 Å². The first-order chi connectivity index (χ1) is 12.3. The first-order valence-corrected chi connectivity index (χ1v) is 9.01. The lowest BCUT2D eigenvalue weighted by molar-refractivity contribution is -0.128. The van der Waals surface area contributed by atoms with Crippen LogP contribution in [-0.2, 0) is 4.79 Å². The van der Waals surface area contributed by atoms with Crippen LogP contribution in [0, 0.1) is 12.7 Å². The van der Waals surface area contributed by atoms with Crippen molar-refractivity contribution in [2.75, 3.05) is 5.32 Å². The summed E-state index contributed by atoms with van der Waals surface area (Å²) in [6.45, 7) is 4.97. The Morgan fingerprint density at radius 2 is 1.92 bits per heavy atom. The average molecular weight is 370 g/mol. The highest BCUT2D eigenvalue weighted by Crippen LogP contribution is 2.27. The SMILES string of the molecule is Cc1ccc(OC(C)(C)C(=O)Nc2nc(-c3ccccc3)cs2)c(F)c1. The average Bonchev–Trinajstić information content (AvgIpc) is 3.07. The fraction of sp³-hybridized carbons (Fsp3) is 0.200. The molecule has 6 heteroatoms. The van der Waals surface area contributed by atoms with E-state index in [2.05, 4.69) is 10.3 Å². The second-order valence-electron chi connectivity index (χ2n) is 6.40. The molecule has 0 aliphatic heterocycles. The van der Waals surface area contributed by atoms with Gasteiger partial charge in [0.1, 0.15) is 0 Å². The molecule has 0 saturated heterocycles. The van der Waals surface area contributed by atoms with Gasteiger partial charge in [-0.2, -0.15) is 0 Å². The normalized spacial score (nSPS) is 11.2. The van der Waals surface area contributed by atoms with Gasteiger partial charge in [-0.25, -0.2) is 9.37 Å². The Hall–Kier alpha value is -2.73. The molecule has 0 atom stereocenters. The van der Waals surface area contributed by atoms with Crippen molar-refractivity contribution in [3.8, 4) is 17.0 Å². The zero-order chi connectivity index (χ0) is 18.7. The number of aromatic nitrogens is 1. The van der Waals surface area contributed by atoms with Crippen LogP contribution < -0.4 is 10.1 Å². The molecule has 1 amide bonds. The predicted molar refractivity (Wildman–Crippen MR) is 102 cm³/mol. The van der Waals surface area contributed by atoms with Gasteiger partial charge in [0.25, 0.3) is 5.91 Å². The molecule has 26 heavy (non-hydrogen) atoms. The van der Waals surface area contributed by atoms with Crippen LogP contribution in [0.2, 0.25) is 0 Å². The lowest BCUT2D eigenvalue weighted by atomic mass is 10.1. The fourth-order valence-electron chi connectivity index (χ4n) is 2.33. The van der Waals surface area contributed by atoms with Gasteiger partial charge in [0.2, 0.25) is 0 Å². The Kier molecular flexibility index (Phi) is 5.04. The second-order valence-corrected chi connectivity index (χ2v) is 7.26. The minimum absolute atomic E-state index is 0.0415. The zero-order valence-corrected chi connectivity index (χ0v) is 15.6. The molecule has 0 spiro atoms. The van der Waals surface area contributed by atoms with Crippen LogP contribution in [0.4, 0.5) is 9.52 Å². The van der Waals surface area contributed by atoms with Gasteiger partial charge >= 0.3 is 0 Å². The Morgan fingerprint density at radius 3 is 2.62 bits per heavy atom. The van der Waals surface area contributed by atoms with E-state index in [0.29, 0.717) is 5.13 Å². The Morgan fingerprint density at radius 1 is 1.19 bits per heavy atom. The number of nitrogens with zero attached hydrogens (tertiary/aromatic N) is 1. The number of carbonyl (C=O) groups excluding carboxylic acids is 1. The highest BCUT2D eigenvalue weighted by Gasteiger charge is 2.31. The van der Waals surface area contributed by atoms with Crippen molar-refractivity contribution in [1.29, 1.82) is 0 Å². The highest BCUT2D eigenvalue weighted by molar-refractivity contribution is 7.14. The van der Waals surface area contributed by atoms with Crippen molar-refractivity contribution in [2.45, 2.75) is 26.4 Å². The van der Waals surface area contributed by atoms with Gasteiger partial charge in [-0.3, -0.25) is 10.1 Å².